The van der Waals surface area contributed by atoms with E-state index >= 15 is 0 Å². The monoisotopic (exact) mass is 331 g/mol. The summed E-state index contributed by atoms with van der Waals surface area (Å²) >= 11 is 2.97. The van der Waals surface area contributed by atoms with Gasteiger partial charge in [0.05, 0.1) is 12.2 Å². The summed E-state index contributed by atoms with van der Waals surface area (Å²) < 4.78 is 32.6. The van der Waals surface area contributed by atoms with Gasteiger partial charge < -0.3 is 4.74 Å². The minimum absolute atomic E-state index is 0.121. The molecule has 0 fully saturated rings. The zero-order valence-corrected chi connectivity index (χ0v) is 11.3. The van der Waals surface area contributed by atoms with Crippen molar-refractivity contribution in [3.63, 3.8) is 0 Å². The van der Waals surface area contributed by atoms with Crippen LogP contribution in [0, 0.1) is 11.6 Å². The van der Waals surface area contributed by atoms with Crippen LogP contribution in [0.2, 0.25) is 0 Å². The fourth-order valence-corrected chi connectivity index (χ4v) is 1.92. The Balaban J connectivity index is 2.55. The lowest BCUT2D eigenvalue weighted by atomic mass is 10.1. The Morgan fingerprint density at radius 1 is 1.37 bits per heavy atom. The van der Waals surface area contributed by atoms with Gasteiger partial charge in [0.25, 0.3) is 0 Å². The summed E-state index contributed by atoms with van der Waals surface area (Å²) in [5.41, 5.74) is -0.914. The second kappa shape index (κ2) is 5.43. The van der Waals surface area contributed by atoms with E-state index in [0.29, 0.717) is 0 Å². The predicted molar refractivity (Wildman–Crippen MR) is 65.4 cm³/mol. The number of hydrogen-bond donors (Lipinski definition) is 1. The number of nitrogens with zero attached hydrogens (tertiary/aromatic N) is 2. The van der Waals surface area contributed by atoms with E-state index in [4.69, 9.17) is 4.74 Å². The number of H-pyrrole nitrogens is 1. The van der Waals surface area contributed by atoms with Crippen molar-refractivity contribution in [2.75, 3.05) is 6.61 Å². The molecule has 2 rings (SSSR count). The number of benzene rings is 1. The summed E-state index contributed by atoms with van der Waals surface area (Å²) in [5, 5.41) is 9.33. The molecule has 100 valence electrons. The first kappa shape index (κ1) is 13.6. The zero-order chi connectivity index (χ0) is 14.0. The Morgan fingerprint density at radius 3 is 2.58 bits per heavy atom. The van der Waals surface area contributed by atoms with Gasteiger partial charge in [0.1, 0.15) is 17.3 Å². The first-order valence-electron chi connectivity index (χ1n) is 5.27. The highest BCUT2D eigenvalue weighted by Crippen LogP contribution is 2.29. The molecule has 0 saturated heterocycles. The van der Waals surface area contributed by atoms with Crippen LogP contribution >= 0.6 is 15.9 Å². The lowest BCUT2D eigenvalue weighted by Crippen LogP contribution is -2.07. The summed E-state index contributed by atoms with van der Waals surface area (Å²) in [6.07, 6.45) is 0. The second-order valence-corrected chi connectivity index (χ2v) is 4.40. The molecule has 0 saturated carbocycles. The Morgan fingerprint density at radius 2 is 2.00 bits per heavy atom. The van der Waals surface area contributed by atoms with E-state index < -0.39 is 23.2 Å². The summed E-state index contributed by atoms with van der Waals surface area (Å²) in [7, 11) is 0. The van der Waals surface area contributed by atoms with Gasteiger partial charge >= 0.3 is 5.97 Å². The maximum Gasteiger partial charge on any atom is 0.361 e. The molecule has 1 aromatic heterocycles. The molecular formula is C11H8BrF2N3O2. The summed E-state index contributed by atoms with van der Waals surface area (Å²) in [6, 6.07) is 2.14. The largest absolute Gasteiger partial charge is 0.461 e. The number of rotatable bonds is 3. The first-order chi connectivity index (χ1) is 9.04. The molecule has 1 heterocycles. The van der Waals surface area contributed by atoms with E-state index in [2.05, 4.69) is 31.3 Å². The number of carbonyl (C=O) groups is 1. The van der Waals surface area contributed by atoms with Gasteiger partial charge in [0.15, 0.2) is 5.69 Å². The molecule has 0 spiro atoms. The van der Waals surface area contributed by atoms with Crippen LogP contribution in [0.15, 0.2) is 16.6 Å². The number of aromatic amines is 1. The van der Waals surface area contributed by atoms with E-state index in [0.717, 1.165) is 12.1 Å². The second-order valence-electron chi connectivity index (χ2n) is 3.49. The smallest absolute Gasteiger partial charge is 0.361 e. The van der Waals surface area contributed by atoms with Gasteiger partial charge in [-0.2, -0.15) is 10.3 Å². The lowest BCUT2D eigenvalue weighted by molar-refractivity contribution is 0.0520. The van der Waals surface area contributed by atoms with Crippen LogP contribution in [-0.2, 0) is 4.74 Å². The maximum atomic E-state index is 13.8. The van der Waals surface area contributed by atoms with Crippen molar-refractivity contribution < 1.29 is 18.3 Å². The lowest BCUT2D eigenvalue weighted by Gasteiger charge is -2.04. The van der Waals surface area contributed by atoms with Crippen LogP contribution in [0.3, 0.4) is 0 Å². The minimum atomic E-state index is -0.855. The highest BCUT2D eigenvalue weighted by molar-refractivity contribution is 9.10. The molecule has 1 N–H and O–H groups in total. The maximum absolute atomic E-state index is 13.8. The SMILES string of the molecule is CCOC(=O)c1n[nH]nc1-c1c(F)cc(Br)cc1F. The molecule has 0 atom stereocenters. The number of halogens is 3. The molecular weight excluding hydrogens is 324 g/mol. The van der Waals surface area contributed by atoms with Gasteiger partial charge in [-0.1, -0.05) is 15.9 Å². The predicted octanol–water partition coefficient (Wildman–Crippen LogP) is 2.69. The third kappa shape index (κ3) is 2.62. The number of ether oxygens (including phenoxy) is 1. The highest BCUT2D eigenvalue weighted by Gasteiger charge is 2.24. The molecule has 0 amide bonds. The number of nitrogens with one attached hydrogen (secondary N) is 1. The van der Waals surface area contributed by atoms with Gasteiger partial charge in [0, 0.05) is 4.47 Å². The van der Waals surface area contributed by atoms with Crippen molar-refractivity contribution in [3.05, 3.63) is 33.9 Å². The Hall–Kier alpha value is -1.83. The van der Waals surface area contributed by atoms with Crippen molar-refractivity contribution in [3.8, 4) is 11.3 Å². The Kier molecular flexibility index (Phi) is 3.89. The molecule has 1 aromatic carbocycles. The van der Waals surface area contributed by atoms with E-state index in [-0.39, 0.29) is 22.5 Å². The van der Waals surface area contributed by atoms with Crippen LogP contribution in [-0.4, -0.2) is 28.0 Å². The third-order valence-corrected chi connectivity index (χ3v) is 2.72. The van der Waals surface area contributed by atoms with Crippen molar-refractivity contribution in [2.24, 2.45) is 0 Å². The van der Waals surface area contributed by atoms with E-state index in [1.54, 1.807) is 6.92 Å². The standard InChI is InChI=1S/C11H8BrF2N3O2/c1-2-19-11(18)10-9(15-17-16-10)8-6(13)3-5(12)4-7(8)14/h3-4H,2H2,1H3,(H,15,16,17). The normalized spacial score (nSPS) is 10.5. The van der Waals surface area contributed by atoms with Gasteiger partial charge in [-0.15, -0.1) is 5.10 Å². The molecule has 2 aromatic rings. The number of carbonyl (C=O) groups excluding carboxylic acids is 1. The van der Waals surface area contributed by atoms with Gasteiger partial charge in [-0.3, -0.25) is 0 Å². The van der Waals surface area contributed by atoms with E-state index in [1.165, 1.54) is 0 Å². The molecule has 8 heteroatoms. The summed E-state index contributed by atoms with van der Waals surface area (Å²) in [6.45, 7) is 1.73. The van der Waals surface area contributed by atoms with Crippen LogP contribution in [0.4, 0.5) is 8.78 Å². The number of hydrogen-bond acceptors (Lipinski definition) is 4. The van der Waals surface area contributed by atoms with Crippen molar-refractivity contribution in [1.29, 1.82) is 0 Å². The van der Waals surface area contributed by atoms with E-state index in [9.17, 15) is 13.6 Å². The molecule has 0 aliphatic carbocycles. The van der Waals surface area contributed by atoms with Crippen molar-refractivity contribution >= 4 is 21.9 Å². The van der Waals surface area contributed by atoms with Crippen LogP contribution in [0.1, 0.15) is 17.4 Å². The van der Waals surface area contributed by atoms with Gasteiger partial charge in [0.2, 0.25) is 0 Å². The molecule has 0 aliphatic rings. The Bertz CT molecular complexity index is 607. The first-order valence-corrected chi connectivity index (χ1v) is 6.06. The zero-order valence-electron chi connectivity index (χ0n) is 9.71. The summed E-state index contributed by atoms with van der Waals surface area (Å²) in [4.78, 5) is 11.6. The molecule has 0 bridgehead atoms. The molecule has 5 nitrogen and oxygen atoms in total. The van der Waals surface area contributed by atoms with Crippen molar-refractivity contribution in [2.45, 2.75) is 6.92 Å². The molecule has 19 heavy (non-hydrogen) atoms. The number of esters is 1. The molecule has 0 aliphatic heterocycles. The van der Waals surface area contributed by atoms with Crippen molar-refractivity contribution in [1.82, 2.24) is 15.4 Å². The topological polar surface area (TPSA) is 67.9 Å². The average molecular weight is 332 g/mol. The fraction of sp³-hybridized carbons (Fsp3) is 0.182. The van der Waals surface area contributed by atoms with E-state index in [1.807, 2.05) is 0 Å². The Labute approximate surface area is 115 Å². The fourth-order valence-electron chi connectivity index (χ4n) is 1.52. The minimum Gasteiger partial charge on any atom is -0.461 e. The molecule has 0 radical (unpaired) electrons. The van der Waals surface area contributed by atoms with Crippen LogP contribution < -0.4 is 0 Å². The van der Waals surface area contributed by atoms with Gasteiger partial charge in [-0.05, 0) is 19.1 Å². The third-order valence-electron chi connectivity index (χ3n) is 2.26. The van der Waals surface area contributed by atoms with Gasteiger partial charge in [-0.25, -0.2) is 13.6 Å². The highest BCUT2D eigenvalue weighted by atomic mass is 79.9. The van der Waals surface area contributed by atoms with Crippen LogP contribution in [0.25, 0.3) is 11.3 Å². The quantitative estimate of drug-likeness (QED) is 0.878. The van der Waals surface area contributed by atoms with Crippen LogP contribution in [0.5, 0.6) is 0 Å². The summed E-state index contributed by atoms with van der Waals surface area (Å²) in [5.74, 6) is -2.51. The molecule has 0 unspecified atom stereocenters. The number of aromatic nitrogens is 3. The average Bonchev–Trinajstić information content (AvgIpc) is 2.77.